The van der Waals surface area contributed by atoms with Crippen LogP contribution in [-0.2, 0) is 30.1 Å². The number of methoxy groups -OCH3 is 1. The van der Waals surface area contributed by atoms with Crippen molar-refractivity contribution in [2.75, 3.05) is 13.7 Å². The molecule has 0 saturated heterocycles. The van der Waals surface area contributed by atoms with Gasteiger partial charge in [-0.05, 0) is 27.1 Å². The van der Waals surface area contributed by atoms with Gasteiger partial charge in [0.15, 0.2) is 0 Å². The number of aliphatic hydroxyl groups is 1. The molecule has 0 radical (unpaired) electrons. The van der Waals surface area contributed by atoms with Crippen molar-refractivity contribution >= 4 is 30.6 Å². The van der Waals surface area contributed by atoms with Crippen LogP contribution in [0.1, 0.15) is 33.3 Å². The lowest BCUT2D eigenvalue weighted by Crippen LogP contribution is -2.67. The predicted molar refractivity (Wildman–Crippen MR) is 159 cm³/mol. The summed E-state index contributed by atoms with van der Waals surface area (Å²) in [6.07, 6.45) is -0.0311. The van der Waals surface area contributed by atoms with Crippen LogP contribution in [0.3, 0.4) is 0 Å². The van der Waals surface area contributed by atoms with Crippen LogP contribution in [0.4, 0.5) is 0 Å². The van der Waals surface area contributed by atoms with Crippen LogP contribution < -0.4 is 15.7 Å². The Balaban J connectivity index is 1.96. The average molecular weight is 562 g/mol. The van der Waals surface area contributed by atoms with Gasteiger partial charge in [-0.15, -0.1) is 0 Å². The van der Waals surface area contributed by atoms with Gasteiger partial charge >= 0.3 is 5.97 Å². The summed E-state index contributed by atoms with van der Waals surface area (Å²) in [6.45, 7) is 7.93. The fraction of sp³-hybridized carbons (Fsp3) is 0.312. The van der Waals surface area contributed by atoms with Crippen molar-refractivity contribution in [2.24, 2.45) is 0 Å². The van der Waals surface area contributed by atoms with Crippen LogP contribution in [0.5, 0.6) is 0 Å². The smallest absolute Gasteiger partial charge is 0.373 e. The van der Waals surface area contributed by atoms with E-state index in [0.717, 1.165) is 15.9 Å². The fourth-order valence-corrected chi connectivity index (χ4v) is 9.33. The minimum Gasteiger partial charge on any atom is -0.482 e. The number of amides is 1. The standard InChI is InChI=1S/C32H39NO6Si/c1-24(34)33-28(29(35)21-30(31(36)37-5)38-22-25-15-9-6-10-16-25)23-39-40(32(2,3)4,26-17-11-7-12-18-26)27-19-13-8-14-20-27/h6-21,28-29,35H,22-23H2,1-5H3,(H,33,34)/b30-21-/t28-,29-/m0/s1. The van der Waals surface area contributed by atoms with E-state index in [9.17, 15) is 14.7 Å². The Morgan fingerprint density at radius 2 is 1.40 bits per heavy atom. The summed E-state index contributed by atoms with van der Waals surface area (Å²) in [5.41, 5.74) is 0.847. The normalized spacial score (nSPS) is 13.7. The highest BCUT2D eigenvalue weighted by Crippen LogP contribution is 2.37. The number of nitrogens with one attached hydrogen (secondary N) is 1. The van der Waals surface area contributed by atoms with Crippen molar-refractivity contribution in [1.29, 1.82) is 0 Å². The van der Waals surface area contributed by atoms with Crippen LogP contribution in [-0.4, -0.2) is 51.2 Å². The first kappa shape index (κ1) is 30.8. The summed E-state index contributed by atoms with van der Waals surface area (Å²) in [6, 6.07) is 28.7. The average Bonchev–Trinajstić information content (AvgIpc) is 2.95. The Hall–Kier alpha value is -3.72. The third-order valence-corrected chi connectivity index (χ3v) is 11.6. The number of aliphatic hydroxyl groups excluding tert-OH is 1. The molecule has 3 aromatic rings. The van der Waals surface area contributed by atoms with E-state index >= 15 is 0 Å². The minimum atomic E-state index is -2.94. The van der Waals surface area contributed by atoms with Crippen LogP contribution in [0.25, 0.3) is 0 Å². The van der Waals surface area contributed by atoms with E-state index in [1.165, 1.54) is 20.1 Å². The Bertz CT molecular complexity index is 1220. The first-order valence-corrected chi connectivity index (χ1v) is 15.2. The molecule has 8 heteroatoms. The maximum atomic E-state index is 12.5. The number of hydrogen-bond acceptors (Lipinski definition) is 6. The molecule has 0 saturated carbocycles. The summed E-state index contributed by atoms with van der Waals surface area (Å²) < 4.78 is 17.5. The van der Waals surface area contributed by atoms with Crippen LogP contribution in [0, 0.1) is 0 Å². The van der Waals surface area contributed by atoms with Gasteiger partial charge in [0.05, 0.1) is 25.9 Å². The molecule has 3 aromatic carbocycles. The quantitative estimate of drug-likeness (QED) is 0.152. The van der Waals surface area contributed by atoms with Gasteiger partial charge in [0, 0.05) is 6.92 Å². The first-order valence-electron chi connectivity index (χ1n) is 13.3. The van der Waals surface area contributed by atoms with Gasteiger partial charge in [0.25, 0.3) is 8.32 Å². The maximum absolute atomic E-state index is 12.5. The lowest BCUT2D eigenvalue weighted by atomic mass is 10.1. The molecule has 212 valence electrons. The van der Waals surface area contributed by atoms with Gasteiger partial charge in [0.2, 0.25) is 11.7 Å². The van der Waals surface area contributed by atoms with E-state index in [4.69, 9.17) is 13.9 Å². The van der Waals surface area contributed by atoms with E-state index in [-0.39, 0.29) is 29.9 Å². The molecule has 0 fully saturated rings. The van der Waals surface area contributed by atoms with E-state index in [1.807, 2.05) is 66.7 Å². The molecule has 0 heterocycles. The Kier molecular flexibility index (Phi) is 10.8. The molecule has 3 rings (SSSR count). The number of carbonyl (C=O) groups is 2. The molecule has 1 amide bonds. The number of carbonyl (C=O) groups excluding carboxylic acids is 2. The fourth-order valence-electron chi connectivity index (χ4n) is 4.75. The zero-order valence-corrected chi connectivity index (χ0v) is 24.8. The summed E-state index contributed by atoms with van der Waals surface area (Å²) >= 11 is 0. The molecule has 2 N–H and O–H groups in total. The molecule has 7 nitrogen and oxygen atoms in total. The first-order chi connectivity index (χ1) is 19.1. The summed E-state index contributed by atoms with van der Waals surface area (Å²) in [4.78, 5) is 24.7. The molecular formula is C32H39NO6Si. The largest absolute Gasteiger partial charge is 0.482 e. The van der Waals surface area contributed by atoms with Crippen molar-refractivity contribution < 1.29 is 28.6 Å². The molecule has 2 atom stereocenters. The second-order valence-electron chi connectivity index (χ2n) is 10.6. The van der Waals surface area contributed by atoms with Crippen LogP contribution in [0.2, 0.25) is 5.04 Å². The van der Waals surface area contributed by atoms with Gasteiger partial charge < -0.3 is 24.3 Å². The summed E-state index contributed by atoms with van der Waals surface area (Å²) in [5, 5.41) is 15.9. The molecule has 0 aromatic heterocycles. The zero-order valence-electron chi connectivity index (χ0n) is 23.8. The molecule has 40 heavy (non-hydrogen) atoms. The Morgan fingerprint density at radius 1 is 0.900 bits per heavy atom. The number of ether oxygens (including phenoxy) is 2. The monoisotopic (exact) mass is 561 g/mol. The van der Waals surface area contributed by atoms with Crippen molar-refractivity contribution in [1.82, 2.24) is 5.32 Å². The number of benzene rings is 3. The van der Waals surface area contributed by atoms with Crippen molar-refractivity contribution in [3.63, 3.8) is 0 Å². The van der Waals surface area contributed by atoms with Gasteiger partial charge in [-0.1, -0.05) is 112 Å². The third-order valence-electron chi connectivity index (χ3n) is 6.64. The Labute approximate surface area is 237 Å². The molecule has 0 bridgehead atoms. The lowest BCUT2D eigenvalue weighted by molar-refractivity contribution is -0.140. The van der Waals surface area contributed by atoms with Gasteiger partial charge in [-0.3, -0.25) is 4.79 Å². The summed E-state index contributed by atoms with van der Waals surface area (Å²) in [5.74, 6) is -1.22. The molecular weight excluding hydrogens is 522 g/mol. The lowest BCUT2D eigenvalue weighted by Gasteiger charge is -2.44. The molecule has 0 aliphatic rings. The molecule has 0 aliphatic carbocycles. The van der Waals surface area contributed by atoms with Crippen molar-refractivity contribution in [2.45, 2.75) is 51.5 Å². The van der Waals surface area contributed by atoms with Gasteiger partial charge in [-0.2, -0.15) is 0 Å². The number of rotatable bonds is 12. The topological polar surface area (TPSA) is 94.1 Å². The number of hydrogen-bond donors (Lipinski definition) is 2. The van der Waals surface area contributed by atoms with Crippen LogP contribution in [0.15, 0.2) is 103 Å². The Morgan fingerprint density at radius 3 is 1.85 bits per heavy atom. The highest BCUT2D eigenvalue weighted by atomic mass is 28.4. The number of esters is 1. The van der Waals surface area contributed by atoms with E-state index in [1.54, 1.807) is 0 Å². The van der Waals surface area contributed by atoms with Crippen molar-refractivity contribution in [3.8, 4) is 0 Å². The van der Waals surface area contributed by atoms with E-state index in [2.05, 4.69) is 50.4 Å². The predicted octanol–water partition coefficient (Wildman–Crippen LogP) is 3.70. The molecule has 0 aliphatic heterocycles. The zero-order chi connectivity index (χ0) is 29.2. The second-order valence-corrected chi connectivity index (χ2v) is 14.9. The van der Waals surface area contributed by atoms with Crippen LogP contribution >= 0.6 is 0 Å². The highest BCUT2D eigenvalue weighted by Gasteiger charge is 2.50. The van der Waals surface area contributed by atoms with E-state index in [0.29, 0.717) is 0 Å². The highest BCUT2D eigenvalue weighted by molar-refractivity contribution is 6.99. The van der Waals surface area contributed by atoms with E-state index < -0.39 is 26.4 Å². The van der Waals surface area contributed by atoms with Gasteiger partial charge in [-0.25, -0.2) is 4.79 Å². The maximum Gasteiger partial charge on any atom is 0.373 e. The second kappa shape index (κ2) is 14.1. The van der Waals surface area contributed by atoms with Gasteiger partial charge in [0.1, 0.15) is 6.61 Å². The minimum absolute atomic E-state index is 0.00232. The third kappa shape index (κ3) is 7.69. The molecule has 0 spiro atoms. The van der Waals surface area contributed by atoms with Crippen molar-refractivity contribution in [3.05, 3.63) is 108 Å². The SMILES string of the molecule is COC(=O)/C(=C/[C@H](O)[C@H](CO[Si](c1ccccc1)(c1ccccc1)C(C)(C)C)NC(C)=O)OCc1ccccc1. The summed E-state index contributed by atoms with van der Waals surface area (Å²) in [7, 11) is -1.70. The molecule has 0 unspecified atom stereocenters.